The van der Waals surface area contributed by atoms with Gasteiger partial charge in [0.1, 0.15) is 18.1 Å². The summed E-state index contributed by atoms with van der Waals surface area (Å²) in [7, 11) is 1.70. The molecule has 0 aliphatic carbocycles. The largest absolute Gasteiger partial charge is 0.464 e. The van der Waals surface area contributed by atoms with Gasteiger partial charge in [-0.25, -0.2) is 4.79 Å². The van der Waals surface area contributed by atoms with E-state index >= 15 is 0 Å². The minimum atomic E-state index is -0.248. The Bertz CT molecular complexity index is 917. The van der Waals surface area contributed by atoms with E-state index in [2.05, 4.69) is 5.32 Å². The van der Waals surface area contributed by atoms with Crippen molar-refractivity contribution in [1.82, 2.24) is 14.5 Å². The van der Waals surface area contributed by atoms with Crippen molar-refractivity contribution < 1.29 is 9.21 Å². The van der Waals surface area contributed by atoms with Crippen molar-refractivity contribution in [2.24, 2.45) is 7.05 Å². The minimum absolute atomic E-state index is 0.0236. The van der Waals surface area contributed by atoms with Crippen LogP contribution in [0.4, 0.5) is 0 Å². The first-order valence-electron chi connectivity index (χ1n) is 7.47. The molecule has 0 radical (unpaired) electrons. The standard InChI is InChI=1S/C17H19N3O3/c1-11-8-9-15(23-11)12(2)18-16(21)10-20-14-7-5-4-6-13(14)19(3)17(20)22/h4-9,12H,10H2,1-3H3,(H,18,21). The molecule has 0 aliphatic rings. The predicted molar refractivity (Wildman–Crippen MR) is 87.2 cm³/mol. The molecule has 23 heavy (non-hydrogen) atoms. The topological polar surface area (TPSA) is 69.2 Å². The molecular weight excluding hydrogens is 294 g/mol. The van der Waals surface area contributed by atoms with Crippen LogP contribution in [0.25, 0.3) is 11.0 Å². The van der Waals surface area contributed by atoms with Crippen LogP contribution in [0.3, 0.4) is 0 Å². The number of nitrogens with one attached hydrogen (secondary N) is 1. The number of para-hydroxylation sites is 2. The summed E-state index contributed by atoms with van der Waals surface area (Å²) in [4.78, 5) is 24.6. The first-order valence-corrected chi connectivity index (χ1v) is 7.47. The Morgan fingerprint density at radius 3 is 2.57 bits per heavy atom. The molecule has 6 heteroatoms. The Hall–Kier alpha value is -2.76. The fourth-order valence-corrected chi connectivity index (χ4v) is 2.70. The van der Waals surface area contributed by atoms with Gasteiger partial charge in [0.15, 0.2) is 0 Å². The van der Waals surface area contributed by atoms with Crippen LogP contribution in [-0.2, 0) is 18.4 Å². The molecule has 1 N–H and O–H groups in total. The molecule has 0 saturated carbocycles. The molecule has 6 nitrogen and oxygen atoms in total. The molecule has 1 amide bonds. The molecule has 2 heterocycles. The van der Waals surface area contributed by atoms with E-state index in [1.807, 2.05) is 50.2 Å². The van der Waals surface area contributed by atoms with Gasteiger partial charge >= 0.3 is 5.69 Å². The van der Waals surface area contributed by atoms with E-state index in [1.165, 1.54) is 4.57 Å². The van der Waals surface area contributed by atoms with Crippen LogP contribution in [-0.4, -0.2) is 15.0 Å². The summed E-state index contributed by atoms with van der Waals surface area (Å²) >= 11 is 0. The second-order valence-corrected chi connectivity index (χ2v) is 5.65. The molecule has 0 bridgehead atoms. The van der Waals surface area contributed by atoms with Crippen LogP contribution in [0.5, 0.6) is 0 Å². The minimum Gasteiger partial charge on any atom is -0.464 e. The normalized spacial score (nSPS) is 12.5. The Kier molecular flexibility index (Phi) is 3.82. The number of benzene rings is 1. The van der Waals surface area contributed by atoms with Gasteiger partial charge in [0.2, 0.25) is 5.91 Å². The quantitative estimate of drug-likeness (QED) is 0.802. The Morgan fingerprint density at radius 1 is 1.22 bits per heavy atom. The van der Waals surface area contributed by atoms with Crippen molar-refractivity contribution in [3.8, 4) is 0 Å². The summed E-state index contributed by atoms with van der Waals surface area (Å²) in [6, 6.07) is 10.9. The van der Waals surface area contributed by atoms with E-state index in [-0.39, 0.29) is 24.2 Å². The summed E-state index contributed by atoms with van der Waals surface area (Å²) in [5, 5.41) is 2.86. The molecule has 0 fully saturated rings. The number of furan rings is 1. The van der Waals surface area contributed by atoms with Crippen molar-refractivity contribution >= 4 is 16.9 Å². The maximum absolute atomic E-state index is 12.3. The van der Waals surface area contributed by atoms with Gasteiger partial charge < -0.3 is 9.73 Å². The third-order valence-corrected chi connectivity index (χ3v) is 3.92. The van der Waals surface area contributed by atoms with Crippen LogP contribution in [0.2, 0.25) is 0 Å². The lowest BCUT2D eigenvalue weighted by Crippen LogP contribution is -2.34. The van der Waals surface area contributed by atoms with Crippen molar-refractivity contribution in [3.05, 3.63) is 58.4 Å². The van der Waals surface area contributed by atoms with E-state index in [0.717, 1.165) is 16.8 Å². The Balaban J connectivity index is 1.81. The zero-order valence-corrected chi connectivity index (χ0v) is 13.4. The average Bonchev–Trinajstić information content (AvgIpc) is 3.06. The van der Waals surface area contributed by atoms with Crippen LogP contribution in [0, 0.1) is 6.92 Å². The number of hydrogen-bond donors (Lipinski definition) is 1. The molecule has 0 aliphatic heterocycles. The van der Waals surface area contributed by atoms with Gasteiger partial charge in [-0.3, -0.25) is 13.9 Å². The first-order chi connectivity index (χ1) is 11.0. The molecule has 0 spiro atoms. The molecule has 3 aromatic rings. The Labute approximate surface area is 133 Å². The zero-order chi connectivity index (χ0) is 16.6. The lowest BCUT2D eigenvalue weighted by atomic mass is 10.2. The van der Waals surface area contributed by atoms with Crippen molar-refractivity contribution in [2.75, 3.05) is 0 Å². The van der Waals surface area contributed by atoms with E-state index in [9.17, 15) is 9.59 Å². The van der Waals surface area contributed by atoms with Crippen molar-refractivity contribution in [3.63, 3.8) is 0 Å². The fourth-order valence-electron chi connectivity index (χ4n) is 2.70. The van der Waals surface area contributed by atoms with Gasteiger partial charge in [-0.2, -0.15) is 0 Å². The second kappa shape index (κ2) is 5.79. The summed E-state index contributed by atoms with van der Waals surface area (Å²) in [5.74, 6) is 1.26. The lowest BCUT2D eigenvalue weighted by molar-refractivity contribution is -0.122. The third kappa shape index (κ3) is 2.79. The van der Waals surface area contributed by atoms with Crippen molar-refractivity contribution in [2.45, 2.75) is 26.4 Å². The molecule has 1 aromatic carbocycles. The molecule has 1 unspecified atom stereocenters. The van der Waals surface area contributed by atoms with Crippen molar-refractivity contribution in [1.29, 1.82) is 0 Å². The van der Waals surface area contributed by atoms with Crippen LogP contribution >= 0.6 is 0 Å². The number of nitrogens with zero attached hydrogens (tertiary/aromatic N) is 2. The number of aromatic nitrogens is 2. The highest BCUT2D eigenvalue weighted by Crippen LogP contribution is 2.16. The summed E-state index contributed by atoms with van der Waals surface area (Å²) in [6.45, 7) is 3.68. The molecule has 0 saturated heterocycles. The number of imidazole rings is 1. The number of carbonyl (C=O) groups excluding carboxylic acids is 1. The van der Waals surface area contributed by atoms with E-state index in [4.69, 9.17) is 4.42 Å². The average molecular weight is 313 g/mol. The number of carbonyl (C=O) groups is 1. The van der Waals surface area contributed by atoms with Crippen LogP contribution in [0.15, 0.2) is 45.6 Å². The van der Waals surface area contributed by atoms with Gasteiger partial charge in [0.05, 0.1) is 17.1 Å². The number of amides is 1. The molecule has 120 valence electrons. The maximum Gasteiger partial charge on any atom is 0.329 e. The molecule has 3 rings (SSSR count). The van der Waals surface area contributed by atoms with Gasteiger partial charge in [0, 0.05) is 7.05 Å². The van der Waals surface area contributed by atoms with E-state index in [1.54, 1.807) is 11.6 Å². The third-order valence-electron chi connectivity index (χ3n) is 3.92. The highest BCUT2D eigenvalue weighted by Gasteiger charge is 2.16. The van der Waals surface area contributed by atoms with Gasteiger partial charge in [-0.05, 0) is 38.1 Å². The van der Waals surface area contributed by atoms with Gasteiger partial charge in [-0.15, -0.1) is 0 Å². The van der Waals surface area contributed by atoms with Crippen LogP contribution in [0.1, 0.15) is 24.5 Å². The molecule has 1 atom stereocenters. The highest BCUT2D eigenvalue weighted by molar-refractivity contribution is 5.81. The fraction of sp³-hybridized carbons (Fsp3) is 0.294. The summed E-state index contributed by atoms with van der Waals surface area (Å²) < 4.78 is 8.53. The zero-order valence-electron chi connectivity index (χ0n) is 13.4. The number of rotatable bonds is 4. The lowest BCUT2D eigenvalue weighted by Gasteiger charge is -2.12. The highest BCUT2D eigenvalue weighted by atomic mass is 16.3. The van der Waals surface area contributed by atoms with Crippen LogP contribution < -0.4 is 11.0 Å². The Morgan fingerprint density at radius 2 is 1.91 bits per heavy atom. The first kappa shape index (κ1) is 15.1. The summed E-state index contributed by atoms with van der Waals surface area (Å²) in [5.41, 5.74) is 1.35. The maximum atomic E-state index is 12.3. The van der Waals surface area contributed by atoms with E-state index in [0.29, 0.717) is 5.76 Å². The SMILES string of the molecule is Cc1ccc(C(C)NC(=O)Cn2c(=O)n(C)c3ccccc32)o1. The second-order valence-electron chi connectivity index (χ2n) is 5.65. The molecular formula is C17H19N3O3. The summed E-state index contributed by atoms with van der Waals surface area (Å²) in [6.07, 6.45) is 0. The number of fused-ring (bicyclic) bond motifs is 1. The smallest absolute Gasteiger partial charge is 0.329 e. The predicted octanol–water partition coefficient (Wildman–Crippen LogP) is 2.12. The number of aryl methyl sites for hydroxylation is 2. The number of hydrogen-bond acceptors (Lipinski definition) is 3. The van der Waals surface area contributed by atoms with Gasteiger partial charge in [-0.1, -0.05) is 12.1 Å². The monoisotopic (exact) mass is 313 g/mol. The molecule has 2 aromatic heterocycles. The van der Waals surface area contributed by atoms with E-state index < -0.39 is 0 Å². The van der Waals surface area contributed by atoms with Gasteiger partial charge in [0.25, 0.3) is 0 Å².